The molecule has 0 spiro atoms. The molecule has 2 aliphatic rings. The lowest BCUT2D eigenvalue weighted by molar-refractivity contribution is -0.00607. The number of allylic oxidation sites excluding steroid dienone is 3. The van der Waals surface area contributed by atoms with Crippen LogP contribution < -0.4 is 0 Å². The van der Waals surface area contributed by atoms with Crippen molar-refractivity contribution in [1.29, 1.82) is 0 Å². The molecule has 1 aromatic carbocycles. The molecule has 2 aliphatic carbocycles. The van der Waals surface area contributed by atoms with Crippen LogP contribution in [0.1, 0.15) is 28.7 Å². The summed E-state index contributed by atoms with van der Waals surface area (Å²) in [6.07, 6.45) is 9.20. The highest BCUT2D eigenvalue weighted by molar-refractivity contribution is 6.50. The fourth-order valence-corrected chi connectivity index (χ4v) is 2.44. The molecular formula is C14H10BF4N4-. The Labute approximate surface area is 129 Å². The second-order valence-electron chi connectivity index (χ2n) is 4.84. The van der Waals surface area contributed by atoms with Gasteiger partial charge in [0.15, 0.2) is 0 Å². The van der Waals surface area contributed by atoms with Gasteiger partial charge in [-0.3, -0.25) is 0 Å². The van der Waals surface area contributed by atoms with Crippen molar-refractivity contribution in [3.8, 4) is 0 Å². The van der Waals surface area contributed by atoms with Crippen molar-refractivity contribution in [2.24, 2.45) is 0 Å². The number of hydrogen-bond acceptors (Lipinski definition) is 0. The van der Waals surface area contributed by atoms with Crippen LogP contribution in [-0.4, -0.2) is 28.3 Å². The largest absolute Gasteiger partial charge is 0.673 e. The highest BCUT2D eigenvalue weighted by Gasteiger charge is 2.25. The lowest BCUT2D eigenvalue weighted by atomic mass is 9.86. The summed E-state index contributed by atoms with van der Waals surface area (Å²) in [6, 6.07) is 3.99. The molecule has 3 rings (SSSR count). The van der Waals surface area contributed by atoms with E-state index in [0.29, 0.717) is 17.8 Å². The number of rotatable bonds is 0. The second kappa shape index (κ2) is 6.56. The van der Waals surface area contributed by atoms with Crippen LogP contribution >= 0.6 is 0 Å². The highest BCUT2D eigenvalue weighted by atomic mass is 19.5. The summed E-state index contributed by atoms with van der Waals surface area (Å²) < 4.78 is 39.0. The summed E-state index contributed by atoms with van der Waals surface area (Å²) in [5.41, 5.74) is 23.2. The van der Waals surface area contributed by atoms with Crippen LogP contribution in [0.25, 0.3) is 17.1 Å². The Kier molecular flexibility index (Phi) is 4.74. The Balaban J connectivity index is 0.000000338. The topological polar surface area (TPSA) is 72.8 Å². The molecule has 0 saturated heterocycles. The number of benzene rings is 1. The van der Waals surface area contributed by atoms with Gasteiger partial charge in [-0.15, -0.1) is 0 Å². The summed E-state index contributed by atoms with van der Waals surface area (Å²) >= 11 is 0. The summed E-state index contributed by atoms with van der Waals surface area (Å²) in [5, 5.41) is 0. The Morgan fingerprint density at radius 2 is 1.52 bits per heavy atom. The van der Waals surface area contributed by atoms with Crippen LogP contribution in [0, 0.1) is 0 Å². The van der Waals surface area contributed by atoms with E-state index in [1.54, 1.807) is 6.08 Å². The lowest BCUT2D eigenvalue weighted by Crippen LogP contribution is -2.14. The first-order valence-electron chi connectivity index (χ1n) is 6.64. The summed E-state index contributed by atoms with van der Waals surface area (Å²) in [4.78, 5) is 6.63. The highest BCUT2D eigenvalue weighted by Crippen LogP contribution is 2.26. The summed E-state index contributed by atoms with van der Waals surface area (Å²) in [7, 11) is -6.00. The average molecular weight is 321 g/mol. The standard InChI is InChI=1S/C14H10N4.BF4/c15-17-13-5-1-3-9-7-10-4-2-6-14(18-16)12(10)8-11(9)13;2-1(3,4)5/h1-3,6-8H,4-5H2;/q;-1. The van der Waals surface area contributed by atoms with Crippen molar-refractivity contribution in [3.05, 3.63) is 63.7 Å². The maximum absolute atomic E-state index is 9.75. The molecule has 0 heterocycles. The van der Waals surface area contributed by atoms with Crippen LogP contribution in [0.5, 0.6) is 0 Å². The zero-order chi connectivity index (χ0) is 17.0. The minimum Gasteiger partial charge on any atom is -0.418 e. The number of fused-ring (bicyclic) bond motifs is 2. The van der Waals surface area contributed by atoms with Crippen molar-refractivity contribution in [1.82, 2.24) is 0 Å². The maximum Gasteiger partial charge on any atom is 0.673 e. The van der Waals surface area contributed by atoms with E-state index in [-0.39, 0.29) is 0 Å². The fourth-order valence-electron chi connectivity index (χ4n) is 2.44. The fraction of sp³-hybridized carbons (Fsp3) is 0.143. The van der Waals surface area contributed by atoms with E-state index in [4.69, 9.17) is 11.1 Å². The average Bonchev–Trinajstić information content (AvgIpc) is 2.50. The van der Waals surface area contributed by atoms with Crippen LogP contribution in [-0.2, 0) is 6.42 Å². The molecule has 0 unspecified atom stereocenters. The minimum atomic E-state index is -6.00. The van der Waals surface area contributed by atoms with E-state index in [0.717, 1.165) is 28.7 Å². The monoisotopic (exact) mass is 321 g/mol. The van der Waals surface area contributed by atoms with E-state index < -0.39 is 7.25 Å². The van der Waals surface area contributed by atoms with Crippen LogP contribution in [0.15, 0.2) is 30.4 Å². The normalized spacial score (nSPS) is 15.0. The maximum atomic E-state index is 9.75. The Bertz CT molecular complexity index is 792. The van der Waals surface area contributed by atoms with Gasteiger partial charge in [-0.05, 0) is 29.7 Å². The molecule has 0 bridgehead atoms. The van der Waals surface area contributed by atoms with Crippen molar-refractivity contribution >= 4 is 24.8 Å². The molecule has 118 valence electrons. The molecule has 4 nitrogen and oxygen atoms in total. The van der Waals surface area contributed by atoms with Crippen LogP contribution in [0.4, 0.5) is 17.3 Å². The molecule has 0 fully saturated rings. The second-order valence-corrected chi connectivity index (χ2v) is 4.84. The van der Waals surface area contributed by atoms with Crippen molar-refractivity contribution in [3.63, 3.8) is 0 Å². The Hall–Kier alpha value is -2.76. The smallest absolute Gasteiger partial charge is 0.418 e. The first kappa shape index (κ1) is 16.6. The predicted octanol–water partition coefficient (Wildman–Crippen LogP) is 3.55. The van der Waals surface area contributed by atoms with Gasteiger partial charge in [0.05, 0.1) is 17.5 Å². The molecule has 0 amide bonds. The number of halogens is 4. The summed E-state index contributed by atoms with van der Waals surface area (Å²) in [5.74, 6) is 0. The number of nitrogens with zero attached hydrogens (tertiary/aromatic N) is 4. The molecule has 0 aliphatic heterocycles. The minimum absolute atomic E-state index is 0.547. The van der Waals surface area contributed by atoms with E-state index in [1.807, 2.05) is 24.3 Å². The SMILES string of the molecule is F[B-](F)(F)F.[N-]=[N+]=C1CC=Cc2cc3c(cc21)C(=[N+]=[N-])C=CC3. The van der Waals surface area contributed by atoms with Gasteiger partial charge < -0.3 is 28.3 Å². The first-order chi connectivity index (χ1) is 10.8. The molecule has 0 radical (unpaired) electrons. The van der Waals surface area contributed by atoms with E-state index in [2.05, 4.69) is 15.6 Å². The van der Waals surface area contributed by atoms with Crippen LogP contribution in [0.2, 0.25) is 0 Å². The third kappa shape index (κ3) is 4.13. The van der Waals surface area contributed by atoms with Gasteiger partial charge in [0.2, 0.25) is 0 Å². The molecule has 1 aromatic rings. The molecule has 0 atom stereocenters. The third-order valence-electron chi connectivity index (χ3n) is 3.31. The van der Waals surface area contributed by atoms with Gasteiger partial charge in [0, 0.05) is 6.08 Å². The quantitative estimate of drug-likeness (QED) is 0.303. The third-order valence-corrected chi connectivity index (χ3v) is 3.31. The molecule has 9 heteroatoms. The van der Waals surface area contributed by atoms with E-state index >= 15 is 0 Å². The van der Waals surface area contributed by atoms with Gasteiger partial charge in [0.25, 0.3) is 0 Å². The molecular weight excluding hydrogens is 311 g/mol. The molecule has 0 aromatic heterocycles. The van der Waals surface area contributed by atoms with Crippen molar-refractivity contribution < 1.29 is 26.8 Å². The predicted molar refractivity (Wildman–Crippen MR) is 78.6 cm³/mol. The van der Waals surface area contributed by atoms with Gasteiger partial charge in [0.1, 0.15) is 0 Å². The first-order valence-corrected chi connectivity index (χ1v) is 6.64. The van der Waals surface area contributed by atoms with Crippen LogP contribution in [0.3, 0.4) is 0 Å². The van der Waals surface area contributed by atoms with E-state index in [1.165, 1.54) is 0 Å². The molecule has 23 heavy (non-hydrogen) atoms. The van der Waals surface area contributed by atoms with Crippen molar-refractivity contribution in [2.45, 2.75) is 12.8 Å². The van der Waals surface area contributed by atoms with Gasteiger partial charge in [-0.2, -0.15) is 9.58 Å². The van der Waals surface area contributed by atoms with Crippen molar-refractivity contribution in [2.75, 3.05) is 0 Å². The van der Waals surface area contributed by atoms with Gasteiger partial charge >= 0.3 is 18.7 Å². The molecule has 0 N–H and O–H groups in total. The Morgan fingerprint density at radius 3 is 2.13 bits per heavy atom. The van der Waals surface area contributed by atoms with E-state index in [9.17, 15) is 17.3 Å². The number of hydrogen-bond donors (Lipinski definition) is 0. The van der Waals surface area contributed by atoms with Gasteiger partial charge in [-0.25, -0.2) is 0 Å². The Morgan fingerprint density at radius 1 is 0.870 bits per heavy atom. The van der Waals surface area contributed by atoms with Gasteiger partial charge in [-0.1, -0.05) is 18.2 Å². The zero-order valence-electron chi connectivity index (χ0n) is 11.8. The lowest BCUT2D eigenvalue weighted by Gasteiger charge is -2.13. The zero-order valence-corrected chi connectivity index (χ0v) is 11.8. The molecule has 0 saturated carbocycles. The summed E-state index contributed by atoms with van der Waals surface area (Å²) in [6.45, 7) is 0.